The van der Waals surface area contributed by atoms with Crippen LogP contribution in [0.2, 0.25) is 0 Å². The Kier molecular flexibility index (Phi) is 3.35. The fourth-order valence-corrected chi connectivity index (χ4v) is 1.77. The normalized spacial score (nSPS) is 18.9. The minimum absolute atomic E-state index is 0.300. The Hall–Kier alpha value is -1.53. The molecule has 0 aromatic carbocycles. The van der Waals surface area contributed by atoms with Gasteiger partial charge in [0.1, 0.15) is 11.6 Å². The average Bonchev–Trinajstić information content (AvgIpc) is 2.32. The van der Waals surface area contributed by atoms with Crippen LogP contribution in [0, 0.1) is 0 Å². The molecule has 1 fully saturated rings. The van der Waals surface area contributed by atoms with E-state index in [1.54, 1.807) is 12.1 Å². The van der Waals surface area contributed by atoms with Crippen molar-refractivity contribution in [3.05, 3.63) is 12.1 Å². The van der Waals surface area contributed by atoms with Crippen LogP contribution in [0.3, 0.4) is 0 Å². The second kappa shape index (κ2) is 4.77. The number of rotatable bonds is 3. The molecule has 6 nitrogen and oxygen atoms in total. The molecule has 1 saturated heterocycles. The number of ether oxygens (including phenoxy) is 1. The highest BCUT2D eigenvalue weighted by molar-refractivity contribution is 5.61. The first-order valence-electron chi connectivity index (χ1n) is 5.65. The van der Waals surface area contributed by atoms with Gasteiger partial charge in [0.2, 0.25) is 0 Å². The molecule has 17 heavy (non-hydrogen) atoms. The van der Waals surface area contributed by atoms with Crippen molar-refractivity contribution in [3.63, 3.8) is 0 Å². The Morgan fingerprint density at radius 2 is 2.06 bits per heavy atom. The number of anilines is 3. The number of nitrogens with two attached hydrogens (primary N) is 2. The van der Waals surface area contributed by atoms with E-state index < -0.39 is 5.60 Å². The van der Waals surface area contributed by atoms with Crippen LogP contribution in [0.25, 0.3) is 0 Å². The van der Waals surface area contributed by atoms with Crippen molar-refractivity contribution in [2.24, 2.45) is 0 Å². The maximum atomic E-state index is 10.2. The van der Waals surface area contributed by atoms with E-state index in [0.29, 0.717) is 49.9 Å². The van der Waals surface area contributed by atoms with Gasteiger partial charge < -0.3 is 26.6 Å². The largest absolute Gasteiger partial charge is 0.396 e. The molecule has 1 aliphatic rings. The van der Waals surface area contributed by atoms with Gasteiger partial charge >= 0.3 is 0 Å². The molecule has 0 saturated carbocycles. The maximum Gasteiger partial charge on any atom is 0.149 e. The highest BCUT2D eigenvalue weighted by atomic mass is 16.5. The molecule has 94 valence electrons. The first kappa shape index (κ1) is 11.9. The van der Waals surface area contributed by atoms with E-state index in [-0.39, 0.29) is 0 Å². The molecule has 0 spiro atoms. The molecule has 6 heteroatoms. The quantitative estimate of drug-likeness (QED) is 0.599. The van der Waals surface area contributed by atoms with Crippen molar-refractivity contribution < 1.29 is 9.84 Å². The lowest BCUT2D eigenvalue weighted by atomic mass is 9.94. The molecule has 1 aromatic rings. The summed E-state index contributed by atoms with van der Waals surface area (Å²) < 4.78 is 5.21. The Bertz CT molecular complexity index is 391. The van der Waals surface area contributed by atoms with Gasteiger partial charge in [-0.15, -0.1) is 0 Å². The summed E-state index contributed by atoms with van der Waals surface area (Å²) in [6.45, 7) is 1.62. The van der Waals surface area contributed by atoms with Gasteiger partial charge in [-0.3, -0.25) is 0 Å². The van der Waals surface area contributed by atoms with Crippen LogP contribution >= 0.6 is 0 Å². The van der Waals surface area contributed by atoms with Gasteiger partial charge in [-0.2, -0.15) is 0 Å². The number of hydrogen-bond acceptors (Lipinski definition) is 6. The molecule has 6 N–H and O–H groups in total. The summed E-state index contributed by atoms with van der Waals surface area (Å²) in [4.78, 5) is 4.09. The van der Waals surface area contributed by atoms with E-state index in [1.165, 1.54) is 0 Å². The number of aliphatic hydroxyl groups is 1. The van der Waals surface area contributed by atoms with Gasteiger partial charge in [-0.1, -0.05) is 0 Å². The van der Waals surface area contributed by atoms with Crippen molar-refractivity contribution in [3.8, 4) is 0 Å². The zero-order valence-electron chi connectivity index (χ0n) is 9.65. The first-order chi connectivity index (χ1) is 8.09. The van der Waals surface area contributed by atoms with Crippen molar-refractivity contribution >= 4 is 17.3 Å². The first-order valence-corrected chi connectivity index (χ1v) is 5.65. The second-order valence-corrected chi connectivity index (χ2v) is 4.36. The molecule has 0 aliphatic carbocycles. The summed E-state index contributed by atoms with van der Waals surface area (Å²) in [5.74, 6) is 0.922. The SMILES string of the molecule is Nc1ccc(NCC2(O)CCOCC2)nc1N. The molecule has 2 heterocycles. The molecule has 1 aliphatic heterocycles. The molecule has 0 atom stereocenters. The molecular weight excluding hydrogens is 220 g/mol. The van der Waals surface area contributed by atoms with Crippen LogP contribution in [-0.2, 0) is 4.74 Å². The van der Waals surface area contributed by atoms with Gasteiger partial charge in [0, 0.05) is 32.6 Å². The van der Waals surface area contributed by atoms with Gasteiger partial charge in [-0.25, -0.2) is 4.98 Å². The summed E-state index contributed by atoms with van der Waals surface area (Å²) in [6, 6.07) is 3.44. The monoisotopic (exact) mass is 238 g/mol. The van der Waals surface area contributed by atoms with Gasteiger partial charge in [0.15, 0.2) is 0 Å². The van der Waals surface area contributed by atoms with Crippen LogP contribution in [0.4, 0.5) is 17.3 Å². The summed E-state index contributed by atoms with van der Waals surface area (Å²) in [5, 5.41) is 13.3. The van der Waals surface area contributed by atoms with E-state index in [0.717, 1.165) is 0 Å². The van der Waals surface area contributed by atoms with Crippen LogP contribution in [0.5, 0.6) is 0 Å². The predicted octanol–water partition coefficient (Wildman–Crippen LogP) is 0.199. The van der Waals surface area contributed by atoms with Crippen molar-refractivity contribution in [2.75, 3.05) is 36.5 Å². The van der Waals surface area contributed by atoms with Crippen LogP contribution in [0.1, 0.15) is 12.8 Å². The third kappa shape index (κ3) is 2.98. The third-order valence-corrected chi connectivity index (χ3v) is 2.98. The Morgan fingerprint density at radius 1 is 1.35 bits per heavy atom. The zero-order chi connectivity index (χ0) is 12.3. The van der Waals surface area contributed by atoms with E-state index >= 15 is 0 Å². The minimum atomic E-state index is -0.726. The number of nitrogens with one attached hydrogen (secondary N) is 1. The molecule has 0 amide bonds. The van der Waals surface area contributed by atoms with Gasteiger partial charge in [0.05, 0.1) is 11.3 Å². The lowest BCUT2D eigenvalue weighted by Gasteiger charge is -2.32. The maximum absolute atomic E-state index is 10.2. The second-order valence-electron chi connectivity index (χ2n) is 4.36. The molecular formula is C11H18N4O2. The van der Waals surface area contributed by atoms with E-state index in [4.69, 9.17) is 16.2 Å². The van der Waals surface area contributed by atoms with Gasteiger partial charge in [0.25, 0.3) is 0 Å². The number of aromatic nitrogens is 1. The lowest BCUT2D eigenvalue weighted by Crippen LogP contribution is -2.42. The third-order valence-electron chi connectivity index (χ3n) is 2.98. The van der Waals surface area contributed by atoms with Gasteiger partial charge in [-0.05, 0) is 12.1 Å². The van der Waals surface area contributed by atoms with Crippen molar-refractivity contribution in [2.45, 2.75) is 18.4 Å². The Morgan fingerprint density at radius 3 is 2.71 bits per heavy atom. The number of pyridine rings is 1. The minimum Gasteiger partial charge on any atom is -0.396 e. The van der Waals surface area contributed by atoms with Crippen molar-refractivity contribution in [1.29, 1.82) is 0 Å². The molecule has 0 radical (unpaired) electrons. The molecule has 1 aromatic heterocycles. The lowest BCUT2D eigenvalue weighted by molar-refractivity contribution is -0.0543. The summed E-state index contributed by atoms with van der Waals surface area (Å²) in [5.41, 5.74) is 10.9. The zero-order valence-corrected chi connectivity index (χ0v) is 9.65. The highest BCUT2D eigenvalue weighted by Gasteiger charge is 2.29. The summed E-state index contributed by atoms with van der Waals surface area (Å²) in [6.07, 6.45) is 1.26. The standard InChI is InChI=1S/C11H18N4O2/c12-8-1-2-9(15-10(8)13)14-7-11(16)3-5-17-6-4-11/h1-2,16H,3-7,12H2,(H3,13,14,15). The molecule has 0 bridgehead atoms. The average molecular weight is 238 g/mol. The van der Waals surface area contributed by atoms with Crippen LogP contribution in [0.15, 0.2) is 12.1 Å². The number of nitrogen functional groups attached to an aromatic ring is 2. The topological polar surface area (TPSA) is 106 Å². The highest BCUT2D eigenvalue weighted by Crippen LogP contribution is 2.21. The summed E-state index contributed by atoms with van der Waals surface area (Å²) >= 11 is 0. The smallest absolute Gasteiger partial charge is 0.149 e. The van der Waals surface area contributed by atoms with E-state index in [9.17, 15) is 5.11 Å². The Balaban J connectivity index is 1.94. The number of hydrogen-bond donors (Lipinski definition) is 4. The number of nitrogens with zero attached hydrogens (tertiary/aromatic N) is 1. The van der Waals surface area contributed by atoms with E-state index in [2.05, 4.69) is 10.3 Å². The van der Waals surface area contributed by atoms with Crippen LogP contribution < -0.4 is 16.8 Å². The van der Waals surface area contributed by atoms with Crippen molar-refractivity contribution in [1.82, 2.24) is 4.98 Å². The predicted molar refractivity (Wildman–Crippen MR) is 66.6 cm³/mol. The van der Waals surface area contributed by atoms with E-state index in [1.807, 2.05) is 0 Å². The fourth-order valence-electron chi connectivity index (χ4n) is 1.77. The van der Waals surface area contributed by atoms with Crippen LogP contribution in [-0.4, -0.2) is 35.5 Å². The molecule has 2 rings (SSSR count). The summed E-state index contributed by atoms with van der Waals surface area (Å²) in [7, 11) is 0. The molecule has 0 unspecified atom stereocenters. The fraction of sp³-hybridized carbons (Fsp3) is 0.545. The Labute approximate surface area is 100.0 Å².